The SMILES string of the molecule is Cc1ccc(S(=O)(=O)OCC2(CC3OCCCO3)OC2c2ccccc2Cl)cc1. The molecule has 0 bridgehead atoms. The smallest absolute Gasteiger partial charge is 0.297 e. The number of aryl methyl sites for hydroxylation is 1. The van der Waals surface area contributed by atoms with E-state index in [1.165, 1.54) is 12.1 Å². The molecule has 0 amide bonds. The van der Waals surface area contributed by atoms with Gasteiger partial charge < -0.3 is 14.2 Å². The highest BCUT2D eigenvalue weighted by molar-refractivity contribution is 7.86. The Morgan fingerprint density at radius 2 is 1.79 bits per heavy atom. The summed E-state index contributed by atoms with van der Waals surface area (Å²) in [5.74, 6) is 0. The molecule has 0 aliphatic carbocycles. The van der Waals surface area contributed by atoms with Crippen LogP contribution in [0.5, 0.6) is 0 Å². The second-order valence-corrected chi connectivity index (χ2v) is 9.36. The molecule has 2 aliphatic rings. The van der Waals surface area contributed by atoms with Crippen molar-refractivity contribution in [2.45, 2.75) is 42.7 Å². The molecular weight excluding hydrogens is 416 g/mol. The van der Waals surface area contributed by atoms with Crippen LogP contribution in [0.25, 0.3) is 0 Å². The Hall–Kier alpha value is -1.48. The van der Waals surface area contributed by atoms with Gasteiger partial charge in [-0.2, -0.15) is 8.42 Å². The van der Waals surface area contributed by atoms with E-state index in [4.69, 9.17) is 30.0 Å². The maximum absolute atomic E-state index is 12.7. The average molecular weight is 439 g/mol. The van der Waals surface area contributed by atoms with Crippen LogP contribution >= 0.6 is 11.6 Å². The van der Waals surface area contributed by atoms with Crippen molar-refractivity contribution < 1.29 is 26.8 Å². The van der Waals surface area contributed by atoms with Crippen LogP contribution in [0, 0.1) is 6.92 Å². The van der Waals surface area contributed by atoms with Crippen molar-refractivity contribution >= 4 is 21.7 Å². The molecule has 2 aromatic carbocycles. The zero-order chi connectivity index (χ0) is 20.5. The van der Waals surface area contributed by atoms with E-state index >= 15 is 0 Å². The molecule has 29 heavy (non-hydrogen) atoms. The highest BCUT2D eigenvalue weighted by Crippen LogP contribution is 2.55. The van der Waals surface area contributed by atoms with Crippen LogP contribution in [0.15, 0.2) is 53.4 Å². The first-order valence-corrected chi connectivity index (χ1v) is 11.3. The topological polar surface area (TPSA) is 74.4 Å². The number of hydrogen-bond donors (Lipinski definition) is 0. The highest BCUT2D eigenvalue weighted by Gasteiger charge is 2.60. The van der Waals surface area contributed by atoms with Crippen LogP contribution in [0.1, 0.15) is 30.1 Å². The summed E-state index contributed by atoms with van der Waals surface area (Å²) in [6.07, 6.45) is 0.323. The second-order valence-electron chi connectivity index (χ2n) is 7.34. The summed E-state index contributed by atoms with van der Waals surface area (Å²) in [5.41, 5.74) is 0.878. The summed E-state index contributed by atoms with van der Waals surface area (Å²) in [6, 6.07) is 13.9. The second kappa shape index (κ2) is 8.34. The predicted molar refractivity (Wildman–Crippen MR) is 107 cm³/mol. The maximum atomic E-state index is 12.7. The molecule has 8 heteroatoms. The third kappa shape index (κ3) is 4.66. The maximum Gasteiger partial charge on any atom is 0.297 e. The highest BCUT2D eigenvalue weighted by atomic mass is 35.5. The van der Waals surface area contributed by atoms with Gasteiger partial charge in [0.2, 0.25) is 0 Å². The van der Waals surface area contributed by atoms with E-state index in [0.717, 1.165) is 17.5 Å². The van der Waals surface area contributed by atoms with Gasteiger partial charge in [-0.25, -0.2) is 0 Å². The molecule has 2 saturated heterocycles. The molecule has 0 N–H and O–H groups in total. The summed E-state index contributed by atoms with van der Waals surface area (Å²) in [7, 11) is -3.92. The predicted octanol–water partition coefficient (Wildman–Crippen LogP) is 4.02. The van der Waals surface area contributed by atoms with Crippen LogP contribution in [0.2, 0.25) is 5.02 Å². The lowest BCUT2D eigenvalue weighted by Gasteiger charge is -2.26. The minimum absolute atomic E-state index is 0.110. The van der Waals surface area contributed by atoms with Crippen LogP contribution in [-0.2, 0) is 28.5 Å². The van der Waals surface area contributed by atoms with Crippen molar-refractivity contribution in [3.8, 4) is 0 Å². The molecule has 2 aromatic rings. The summed E-state index contributed by atoms with van der Waals surface area (Å²) in [5, 5.41) is 0.561. The fraction of sp³-hybridized carbons (Fsp3) is 0.429. The number of epoxide rings is 1. The molecule has 2 heterocycles. The first-order chi connectivity index (χ1) is 13.9. The van der Waals surface area contributed by atoms with E-state index in [2.05, 4.69) is 0 Å². The molecule has 2 fully saturated rings. The van der Waals surface area contributed by atoms with Gasteiger partial charge in [0.25, 0.3) is 10.1 Å². The Labute approximate surface area is 175 Å². The van der Waals surface area contributed by atoms with Crippen LogP contribution in [-0.4, -0.2) is 40.1 Å². The van der Waals surface area contributed by atoms with Crippen molar-refractivity contribution in [2.75, 3.05) is 19.8 Å². The fourth-order valence-electron chi connectivity index (χ4n) is 3.45. The van der Waals surface area contributed by atoms with Crippen LogP contribution in [0.3, 0.4) is 0 Å². The van der Waals surface area contributed by atoms with Gasteiger partial charge in [0.15, 0.2) is 6.29 Å². The van der Waals surface area contributed by atoms with Gasteiger partial charge in [-0.1, -0.05) is 47.5 Å². The third-order valence-electron chi connectivity index (χ3n) is 5.14. The average Bonchev–Trinajstić information content (AvgIpc) is 3.42. The monoisotopic (exact) mass is 438 g/mol. The summed E-state index contributed by atoms with van der Waals surface area (Å²) in [6.45, 7) is 2.94. The van der Waals surface area contributed by atoms with Crippen LogP contribution in [0.4, 0.5) is 0 Å². The van der Waals surface area contributed by atoms with Gasteiger partial charge in [-0.3, -0.25) is 4.18 Å². The molecule has 2 atom stereocenters. The summed E-state index contributed by atoms with van der Waals surface area (Å²) < 4.78 is 48.0. The quantitative estimate of drug-likeness (QED) is 0.480. The van der Waals surface area contributed by atoms with E-state index in [9.17, 15) is 8.42 Å². The Kier molecular flexibility index (Phi) is 5.97. The molecule has 2 aliphatic heterocycles. The molecular formula is C21H23ClO6S. The standard InChI is InChI=1S/C21H23ClO6S/c1-15-7-9-16(10-8-15)29(23,24)27-14-21(13-19-25-11-4-12-26-19)20(28-21)17-5-2-3-6-18(17)22/h2-3,5-10,19-20H,4,11-14H2,1H3. The van der Waals surface area contributed by atoms with Gasteiger partial charge in [-0.05, 0) is 31.5 Å². The lowest BCUT2D eigenvalue weighted by molar-refractivity contribution is -0.188. The van der Waals surface area contributed by atoms with Gasteiger partial charge in [-0.15, -0.1) is 0 Å². The molecule has 6 nitrogen and oxygen atoms in total. The van der Waals surface area contributed by atoms with Crippen molar-refractivity contribution in [3.63, 3.8) is 0 Å². The Balaban J connectivity index is 1.53. The minimum Gasteiger partial charge on any atom is -0.358 e. The first kappa shape index (κ1) is 20.8. The first-order valence-electron chi connectivity index (χ1n) is 9.51. The molecule has 0 radical (unpaired) electrons. The minimum atomic E-state index is -3.92. The zero-order valence-electron chi connectivity index (χ0n) is 16.0. The van der Waals surface area contributed by atoms with E-state index in [0.29, 0.717) is 24.7 Å². The van der Waals surface area contributed by atoms with Crippen LogP contribution < -0.4 is 0 Å². The largest absolute Gasteiger partial charge is 0.358 e. The normalized spacial score (nSPS) is 25.1. The van der Waals surface area contributed by atoms with E-state index < -0.39 is 28.1 Å². The Morgan fingerprint density at radius 3 is 2.48 bits per heavy atom. The van der Waals surface area contributed by atoms with E-state index in [1.54, 1.807) is 18.2 Å². The molecule has 2 unspecified atom stereocenters. The van der Waals surface area contributed by atoms with Gasteiger partial charge in [0.05, 0.1) is 24.7 Å². The third-order valence-corrected chi connectivity index (χ3v) is 6.76. The van der Waals surface area contributed by atoms with Gasteiger partial charge in [0.1, 0.15) is 11.7 Å². The van der Waals surface area contributed by atoms with Crippen molar-refractivity contribution in [2.24, 2.45) is 0 Å². The number of benzene rings is 2. The summed E-state index contributed by atoms with van der Waals surface area (Å²) >= 11 is 6.33. The molecule has 156 valence electrons. The van der Waals surface area contributed by atoms with Crippen molar-refractivity contribution in [1.29, 1.82) is 0 Å². The number of hydrogen-bond acceptors (Lipinski definition) is 6. The van der Waals surface area contributed by atoms with E-state index in [-0.39, 0.29) is 11.5 Å². The number of ether oxygens (including phenoxy) is 3. The van der Waals surface area contributed by atoms with E-state index in [1.807, 2.05) is 25.1 Å². The molecule has 4 rings (SSSR count). The number of halogens is 1. The van der Waals surface area contributed by atoms with Crippen molar-refractivity contribution in [3.05, 3.63) is 64.7 Å². The van der Waals surface area contributed by atoms with Gasteiger partial charge in [0, 0.05) is 17.0 Å². The Morgan fingerprint density at radius 1 is 1.10 bits per heavy atom. The lowest BCUT2D eigenvalue weighted by atomic mass is 9.96. The summed E-state index contributed by atoms with van der Waals surface area (Å²) in [4.78, 5) is 0.110. The number of rotatable bonds is 7. The molecule has 0 spiro atoms. The molecule has 0 aromatic heterocycles. The zero-order valence-corrected chi connectivity index (χ0v) is 17.6. The van der Waals surface area contributed by atoms with Crippen molar-refractivity contribution in [1.82, 2.24) is 0 Å². The lowest BCUT2D eigenvalue weighted by Crippen LogP contribution is -2.34. The molecule has 0 saturated carbocycles. The fourth-order valence-corrected chi connectivity index (χ4v) is 4.64. The van der Waals surface area contributed by atoms with Gasteiger partial charge >= 0.3 is 0 Å². The Bertz CT molecular complexity index is 955.